The Kier molecular flexibility index (Phi) is 3.59. The molecule has 0 radical (unpaired) electrons. The quantitative estimate of drug-likeness (QED) is 0.526. The van der Waals surface area contributed by atoms with Gasteiger partial charge < -0.3 is 0 Å². The number of benzene rings is 1. The molecule has 0 atom stereocenters. The Labute approximate surface area is 129 Å². The van der Waals surface area contributed by atoms with Gasteiger partial charge >= 0.3 is 0 Å². The number of hydrogen-bond donors (Lipinski definition) is 0. The van der Waals surface area contributed by atoms with E-state index in [1.54, 1.807) is 0 Å². The molecule has 5 heteroatoms. The number of aromatic nitrogens is 2. The average Bonchev–Trinajstić information content (AvgIpc) is 2.81. The molecule has 0 bridgehead atoms. The highest BCUT2D eigenvalue weighted by atomic mass is 79.9. The molecule has 0 aliphatic rings. The van der Waals surface area contributed by atoms with E-state index >= 15 is 0 Å². The maximum Gasteiger partial charge on any atom is 0.170 e. The smallest absolute Gasteiger partial charge is 0.170 e. The van der Waals surface area contributed by atoms with Crippen molar-refractivity contribution in [1.82, 2.24) is 9.38 Å². The third-order valence-corrected chi connectivity index (χ3v) is 3.97. The number of fused-ring (bicyclic) bond motifs is 1. The third-order valence-electron chi connectivity index (χ3n) is 3.10. The fraction of sp³-hybridized carbons (Fsp3) is 0.0667. The molecule has 1 aromatic carbocycles. The van der Waals surface area contributed by atoms with Crippen LogP contribution < -0.4 is 0 Å². The summed E-state index contributed by atoms with van der Waals surface area (Å²) in [4.78, 5) is 15.6. The van der Waals surface area contributed by atoms with Crippen molar-refractivity contribution in [3.63, 3.8) is 0 Å². The zero-order valence-electron chi connectivity index (χ0n) is 10.4. The van der Waals surface area contributed by atoms with Crippen LogP contribution in [0, 0.1) is 0 Å². The lowest BCUT2D eigenvalue weighted by Gasteiger charge is -2.04. The van der Waals surface area contributed by atoms with Crippen LogP contribution in [-0.2, 0) is 6.42 Å². The van der Waals surface area contributed by atoms with Crippen LogP contribution >= 0.6 is 27.5 Å². The summed E-state index contributed by atoms with van der Waals surface area (Å²) in [5.41, 5.74) is 2.35. The SMILES string of the molecule is O=Cc1nc(Cc2ccc(Cl)cc2)n2c(Br)cccc12. The molecule has 0 aliphatic heterocycles. The number of aldehydes is 1. The van der Waals surface area contributed by atoms with Crippen LogP contribution in [-0.4, -0.2) is 15.7 Å². The van der Waals surface area contributed by atoms with Gasteiger partial charge in [-0.3, -0.25) is 9.20 Å². The summed E-state index contributed by atoms with van der Waals surface area (Å²) in [6.07, 6.45) is 1.42. The lowest BCUT2D eigenvalue weighted by atomic mass is 10.1. The maximum absolute atomic E-state index is 11.1. The highest BCUT2D eigenvalue weighted by Gasteiger charge is 2.12. The minimum atomic E-state index is 0.454. The van der Waals surface area contributed by atoms with E-state index in [-0.39, 0.29) is 0 Å². The number of nitrogens with zero attached hydrogens (tertiary/aromatic N) is 2. The van der Waals surface area contributed by atoms with E-state index in [4.69, 9.17) is 11.6 Å². The van der Waals surface area contributed by atoms with Crippen LogP contribution in [0.1, 0.15) is 21.9 Å². The predicted octanol–water partition coefficient (Wildman–Crippen LogP) is 4.15. The second-order valence-corrected chi connectivity index (χ2v) is 5.65. The maximum atomic E-state index is 11.1. The summed E-state index contributed by atoms with van der Waals surface area (Å²) in [5.74, 6) is 0.817. The van der Waals surface area contributed by atoms with E-state index in [2.05, 4.69) is 20.9 Å². The summed E-state index contributed by atoms with van der Waals surface area (Å²) >= 11 is 9.39. The van der Waals surface area contributed by atoms with Gasteiger partial charge in [0.05, 0.1) is 10.1 Å². The molecule has 2 heterocycles. The van der Waals surface area contributed by atoms with Crippen molar-refractivity contribution in [3.8, 4) is 0 Å². The zero-order chi connectivity index (χ0) is 14.1. The fourth-order valence-corrected chi connectivity index (χ4v) is 2.86. The highest BCUT2D eigenvalue weighted by Crippen LogP contribution is 2.21. The van der Waals surface area contributed by atoms with Gasteiger partial charge in [-0.05, 0) is 45.8 Å². The summed E-state index contributed by atoms with van der Waals surface area (Å²) in [6, 6.07) is 13.3. The van der Waals surface area contributed by atoms with Gasteiger partial charge in [-0.15, -0.1) is 0 Å². The van der Waals surface area contributed by atoms with Gasteiger partial charge in [-0.1, -0.05) is 29.8 Å². The first-order valence-electron chi connectivity index (χ1n) is 6.04. The fourth-order valence-electron chi connectivity index (χ4n) is 2.18. The number of carbonyl (C=O) groups is 1. The van der Waals surface area contributed by atoms with Gasteiger partial charge in [0.15, 0.2) is 6.29 Å². The van der Waals surface area contributed by atoms with E-state index in [0.717, 1.165) is 27.8 Å². The number of halogens is 2. The number of imidazole rings is 1. The van der Waals surface area contributed by atoms with Gasteiger partial charge in [0.2, 0.25) is 0 Å². The van der Waals surface area contributed by atoms with Crippen LogP contribution in [0.15, 0.2) is 47.1 Å². The van der Waals surface area contributed by atoms with E-state index in [9.17, 15) is 4.79 Å². The highest BCUT2D eigenvalue weighted by molar-refractivity contribution is 9.10. The number of rotatable bonds is 3. The zero-order valence-corrected chi connectivity index (χ0v) is 12.7. The van der Waals surface area contributed by atoms with Crippen molar-refractivity contribution in [3.05, 3.63) is 69.2 Å². The van der Waals surface area contributed by atoms with Crippen molar-refractivity contribution < 1.29 is 4.79 Å². The molecule has 0 aliphatic carbocycles. The van der Waals surface area contributed by atoms with Gasteiger partial charge in [0.25, 0.3) is 0 Å². The van der Waals surface area contributed by atoms with E-state index in [1.165, 1.54) is 0 Å². The second kappa shape index (κ2) is 5.38. The largest absolute Gasteiger partial charge is 0.296 e. The summed E-state index contributed by atoms with van der Waals surface area (Å²) < 4.78 is 2.82. The Hall–Kier alpha value is -1.65. The molecule has 3 nitrogen and oxygen atoms in total. The van der Waals surface area contributed by atoms with E-state index in [1.807, 2.05) is 46.9 Å². The van der Waals surface area contributed by atoms with Crippen LogP contribution in [0.2, 0.25) is 5.02 Å². The molecule has 0 saturated heterocycles. The Morgan fingerprint density at radius 3 is 2.65 bits per heavy atom. The van der Waals surface area contributed by atoms with Crippen molar-refractivity contribution in [1.29, 1.82) is 0 Å². The first-order valence-corrected chi connectivity index (χ1v) is 7.21. The Morgan fingerprint density at radius 1 is 1.20 bits per heavy atom. The summed E-state index contributed by atoms with van der Waals surface area (Å²) in [5, 5.41) is 0.705. The molecular weight excluding hydrogens is 340 g/mol. The molecular formula is C15H10BrClN2O. The van der Waals surface area contributed by atoms with Crippen molar-refractivity contribution in [2.75, 3.05) is 0 Å². The molecule has 3 aromatic rings. The topological polar surface area (TPSA) is 34.4 Å². The molecule has 20 heavy (non-hydrogen) atoms. The molecule has 3 rings (SSSR count). The van der Waals surface area contributed by atoms with Crippen molar-refractivity contribution in [2.45, 2.75) is 6.42 Å². The normalized spacial score (nSPS) is 10.9. The Bertz CT molecular complexity index is 780. The number of pyridine rings is 1. The third kappa shape index (κ3) is 2.37. The first-order chi connectivity index (χ1) is 9.69. The predicted molar refractivity (Wildman–Crippen MR) is 82.5 cm³/mol. The lowest BCUT2D eigenvalue weighted by molar-refractivity contribution is 0.112. The standard InChI is InChI=1S/C15H10BrClN2O/c16-14-3-1-2-13-12(9-20)18-15(19(13)14)8-10-4-6-11(17)7-5-10/h1-7,9H,8H2. The molecule has 0 spiro atoms. The Balaban J connectivity index is 2.11. The minimum absolute atomic E-state index is 0.454. The molecule has 2 aromatic heterocycles. The van der Waals surface area contributed by atoms with Gasteiger partial charge in [0, 0.05) is 11.4 Å². The van der Waals surface area contributed by atoms with Crippen LogP contribution in [0.5, 0.6) is 0 Å². The number of hydrogen-bond acceptors (Lipinski definition) is 2. The van der Waals surface area contributed by atoms with E-state index in [0.29, 0.717) is 17.1 Å². The summed E-state index contributed by atoms with van der Waals surface area (Å²) in [7, 11) is 0. The monoisotopic (exact) mass is 348 g/mol. The van der Waals surface area contributed by atoms with Gasteiger partial charge in [-0.2, -0.15) is 0 Å². The summed E-state index contributed by atoms with van der Waals surface area (Å²) in [6.45, 7) is 0. The molecule has 100 valence electrons. The minimum Gasteiger partial charge on any atom is -0.296 e. The molecule has 0 amide bonds. The first kappa shape index (κ1) is 13.3. The number of carbonyl (C=O) groups excluding carboxylic acids is 1. The molecule has 0 N–H and O–H groups in total. The second-order valence-electron chi connectivity index (χ2n) is 4.40. The van der Waals surface area contributed by atoms with Crippen LogP contribution in [0.4, 0.5) is 0 Å². The lowest BCUT2D eigenvalue weighted by Crippen LogP contribution is -1.97. The van der Waals surface area contributed by atoms with Gasteiger partial charge in [-0.25, -0.2) is 4.98 Å². The average molecular weight is 350 g/mol. The van der Waals surface area contributed by atoms with E-state index < -0.39 is 0 Å². The Morgan fingerprint density at radius 2 is 1.95 bits per heavy atom. The van der Waals surface area contributed by atoms with Crippen molar-refractivity contribution in [2.24, 2.45) is 0 Å². The molecule has 0 saturated carbocycles. The molecule has 0 unspecified atom stereocenters. The molecule has 0 fully saturated rings. The van der Waals surface area contributed by atoms with Crippen LogP contribution in [0.25, 0.3) is 5.52 Å². The van der Waals surface area contributed by atoms with Crippen molar-refractivity contribution >= 4 is 39.3 Å². The van der Waals surface area contributed by atoms with Crippen LogP contribution in [0.3, 0.4) is 0 Å². The van der Waals surface area contributed by atoms with Gasteiger partial charge in [0.1, 0.15) is 11.5 Å².